The van der Waals surface area contributed by atoms with Gasteiger partial charge in [0.1, 0.15) is 0 Å². The summed E-state index contributed by atoms with van der Waals surface area (Å²) >= 11 is 0. The second-order valence-corrected chi connectivity index (χ2v) is 5.31. The summed E-state index contributed by atoms with van der Waals surface area (Å²) in [5.41, 5.74) is 1.07. The third-order valence-electron chi connectivity index (χ3n) is 2.95. The number of nitrogens with one attached hydrogen (secondary N) is 1. The van der Waals surface area contributed by atoms with Crippen LogP contribution < -0.4 is 5.32 Å². The van der Waals surface area contributed by atoms with Crippen LogP contribution in [0, 0.1) is 12.8 Å². The molecule has 1 saturated heterocycles. The largest absolute Gasteiger partial charge is 0.379 e. The number of rotatable bonds is 4. The van der Waals surface area contributed by atoms with E-state index in [1.54, 1.807) is 0 Å². The number of aryl methyl sites for hydroxylation is 1. The van der Waals surface area contributed by atoms with Crippen molar-refractivity contribution in [2.45, 2.75) is 46.2 Å². The Bertz CT molecular complexity index is 354. The van der Waals surface area contributed by atoms with Gasteiger partial charge in [-0.1, -0.05) is 13.8 Å². The second-order valence-electron chi connectivity index (χ2n) is 5.31. The fourth-order valence-electron chi connectivity index (χ4n) is 2.23. The molecule has 96 valence electrons. The molecule has 1 aromatic rings. The zero-order valence-corrected chi connectivity index (χ0v) is 11.1. The molecule has 1 unspecified atom stereocenters. The molecular weight excluding hydrogens is 214 g/mol. The van der Waals surface area contributed by atoms with Gasteiger partial charge >= 0.3 is 0 Å². The molecule has 4 heteroatoms. The maximum Gasteiger partial charge on any atom is 0.203 e. The van der Waals surface area contributed by atoms with Gasteiger partial charge in [-0.25, -0.2) is 4.98 Å². The van der Waals surface area contributed by atoms with Crippen molar-refractivity contribution >= 4 is 5.95 Å². The molecule has 2 heterocycles. The standard InChI is InChI=1S/C13H23N3O/c1-10(2)7-16-8-11(3)14-13(16)15-12-5-4-6-17-9-12/h8,10,12H,4-7,9H2,1-3H3,(H,14,15). The first-order chi connectivity index (χ1) is 8.15. The first-order valence-corrected chi connectivity index (χ1v) is 6.53. The highest BCUT2D eigenvalue weighted by Gasteiger charge is 2.16. The van der Waals surface area contributed by atoms with E-state index in [9.17, 15) is 0 Å². The summed E-state index contributed by atoms with van der Waals surface area (Å²) in [5.74, 6) is 1.62. The summed E-state index contributed by atoms with van der Waals surface area (Å²) in [7, 11) is 0. The van der Waals surface area contributed by atoms with Crippen LogP contribution in [0.2, 0.25) is 0 Å². The summed E-state index contributed by atoms with van der Waals surface area (Å²) in [5, 5.41) is 3.50. The van der Waals surface area contributed by atoms with Gasteiger partial charge in [-0.2, -0.15) is 0 Å². The molecule has 0 saturated carbocycles. The van der Waals surface area contributed by atoms with E-state index in [1.807, 2.05) is 6.92 Å². The van der Waals surface area contributed by atoms with Gasteiger partial charge in [-0.05, 0) is 25.7 Å². The molecule has 1 atom stereocenters. The second kappa shape index (κ2) is 5.54. The molecule has 1 aliphatic rings. The van der Waals surface area contributed by atoms with Crippen molar-refractivity contribution in [3.8, 4) is 0 Å². The van der Waals surface area contributed by atoms with Crippen molar-refractivity contribution in [1.29, 1.82) is 0 Å². The van der Waals surface area contributed by atoms with Gasteiger partial charge in [0.25, 0.3) is 0 Å². The molecule has 1 aromatic heterocycles. The van der Waals surface area contributed by atoms with Gasteiger partial charge in [0, 0.05) is 19.3 Å². The van der Waals surface area contributed by atoms with Crippen molar-refractivity contribution in [1.82, 2.24) is 9.55 Å². The normalized spacial score (nSPS) is 20.8. The van der Waals surface area contributed by atoms with Crippen molar-refractivity contribution < 1.29 is 4.74 Å². The van der Waals surface area contributed by atoms with E-state index < -0.39 is 0 Å². The zero-order chi connectivity index (χ0) is 12.3. The molecule has 0 spiro atoms. The predicted molar refractivity (Wildman–Crippen MR) is 69.3 cm³/mol. The minimum absolute atomic E-state index is 0.413. The summed E-state index contributed by atoms with van der Waals surface area (Å²) in [6.45, 7) is 9.20. The van der Waals surface area contributed by atoms with Crippen LogP contribution in [0.25, 0.3) is 0 Å². The molecule has 0 aliphatic carbocycles. The van der Waals surface area contributed by atoms with Gasteiger partial charge in [0.2, 0.25) is 5.95 Å². The van der Waals surface area contributed by atoms with E-state index in [4.69, 9.17) is 4.74 Å². The first-order valence-electron chi connectivity index (χ1n) is 6.53. The number of nitrogens with zero attached hydrogens (tertiary/aromatic N) is 2. The summed E-state index contributed by atoms with van der Waals surface area (Å²) in [6, 6.07) is 0.413. The SMILES string of the molecule is Cc1cn(CC(C)C)c(NC2CCCOC2)n1. The number of hydrogen-bond acceptors (Lipinski definition) is 3. The summed E-state index contributed by atoms with van der Waals surface area (Å²) < 4.78 is 7.70. The number of ether oxygens (including phenoxy) is 1. The van der Waals surface area contributed by atoms with E-state index in [1.165, 1.54) is 6.42 Å². The Balaban J connectivity index is 2.02. The van der Waals surface area contributed by atoms with Gasteiger partial charge in [0.05, 0.1) is 18.3 Å². The average molecular weight is 237 g/mol. The molecular formula is C13H23N3O. The Kier molecular flexibility index (Phi) is 4.05. The van der Waals surface area contributed by atoms with Gasteiger partial charge in [-0.3, -0.25) is 0 Å². The average Bonchev–Trinajstić information content (AvgIpc) is 2.59. The maximum atomic E-state index is 5.48. The lowest BCUT2D eigenvalue weighted by Gasteiger charge is -2.24. The van der Waals surface area contributed by atoms with Crippen molar-refractivity contribution in [3.05, 3.63) is 11.9 Å². The minimum atomic E-state index is 0.413. The molecule has 0 aromatic carbocycles. The Morgan fingerprint density at radius 1 is 1.59 bits per heavy atom. The van der Waals surface area contributed by atoms with Crippen LogP contribution in [0.15, 0.2) is 6.20 Å². The smallest absolute Gasteiger partial charge is 0.203 e. The maximum absolute atomic E-state index is 5.48. The number of anilines is 1. The van der Waals surface area contributed by atoms with Gasteiger partial charge in [-0.15, -0.1) is 0 Å². The molecule has 4 nitrogen and oxygen atoms in total. The van der Waals surface area contributed by atoms with E-state index in [0.717, 1.165) is 37.8 Å². The van der Waals surface area contributed by atoms with Gasteiger partial charge in [0.15, 0.2) is 0 Å². The van der Waals surface area contributed by atoms with Crippen LogP contribution in [0.3, 0.4) is 0 Å². The molecule has 17 heavy (non-hydrogen) atoms. The first kappa shape index (κ1) is 12.4. The van der Waals surface area contributed by atoms with Crippen LogP contribution in [0.5, 0.6) is 0 Å². The monoisotopic (exact) mass is 237 g/mol. The van der Waals surface area contributed by atoms with Crippen LogP contribution in [-0.4, -0.2) is 28.8 Å². The number of aromatic nitrogens is 2. The van der Waals surface area contributed by atoms with Crippen LogP contribution in [-0.2, 0) is 11.3 Å². The quantitative estimate of drug-likeness (QED) is 0.874. The van der Waals surface area contributed by atoms with Crippen LogP contribution >= 0.6 is 0 Å². The Hall–Kier alpha value is -1.03. The molecule has 1 N–H and O–H groups in total. The van der Waals surface area contributed by atoms with E-state index in [0.29, 0.717) is 12.0 Å². The molecule has 2 rings (SSSR count). The fourth-order valence-corrected chi connectivity index (χ4v) is 2.23. The minimum Gasteiger partial charge on any atom is -0.379 e. The lowest BCUT2D eigenvalue weighted by molar-refractivity contribution is 0.0873. The Morgan fingerprint density at radius 2 is 2.41 bits per heavy atom. The third kappa shape index (κ3) is 3.46. The molecule has 1 fully saturated rings. The van der Waals surface area contributed by atoms with Crippen LogP contribution in [0.1, 0.15) is 32.4 Å². The van der Waals surface area contributed by atoms with Crippen molar-refractivity contribution in [2.24, 2.45) is 5.92 Å². The highest BCUT2D eigenvalue weighted by Crippen LogP contribution is 2.16. The molecule has 1 aliphatic heterocycles. The lowest BCUT2D eigenvalue weighted by atomic mass is 10.1. The van der Waals surface area contributed by atoms with Crippen molar-refractivity contribution in [3.63, 3.8) is 0 Å². The molecule has 0 bridgehead atoms. The topological polar surface area (TPSA) is 39.1 Å². The van der Waals surface area contributed by atoms with Gasteiger partial charge < -0.3 is 14.6 Å². The fraction of sp³-hybridized carbons (Fsp3) is 0.769. The predicted octanol–water partition coefficient (Wildman–Crippen LogP) is 2.44. The number of hydrogen-bond donors (Lipinski definition) is 1. The summed E-state index contributed by atoms with van der Waals surface area (Å²) in [4.78, 5) is 4.55. The highest BCUT2D eigenvalue weighted by atomic mass is 16.5. The highest BCUT2D eigenvalue weighted by molar-refractivity contribution is 5.30. The molecule has 0 radical (unpaired) electrons. The zero-order valence-electron chi connectivity index (χ0n) is 11.1. The van der Waals surface area contributed by atoms with Crippen LogP contribution in [0.4, 0.5) is 5.95 Å². The van der Waals surface area contributed by atoms with E-state index in [-0.39, 0.29) is 0 Å². The number of imidazole rings is 1. The third-order valence-corrected chi connectivity index (χ3v) is 2.95. The molecule has 0 amide bonds. The van der Waals surface area contributed by atoms with E-state index >= 15 is 0 Å². The van der Waals surface area contributed by atoms with Crippen molar-refractivity contribution in [2.75, 3.05) is 18.5 Å². The van der Waals surface area contributed by atoms with E-state index in [2.05, 4.69) is 34.9 Å². The Labute approximate surface area is 103 Å². The summed E-state index contributed by atoms with van der Waals surface area (Å²) in [6.07, 6.45) is 4.43. The lowest BCUT2D eigenvalue weighted by Crippen LogP contribution is -2.31. The Morgan fingerprint density at radius 3 is 3.06 bits per heavy atom.